The lowest BCUT2D eigenvalue weighted by atomic mass is 9.64. The third-order valence-electron chi connectivity index (χ3n) is 4.91. The number of benzene rings is 2. The zero-order chi connectivity index (χ0) is 14.9. The molecule has 0 aromatic heterocycles. The second kappa shape index (κ2) is 5.44. The first-order valence-corrected chi connectivity index (χ1v) is 7.85. The number of anilines is 2. The Morgan fingerprint density at radius 2 is 1.48 bits per heavy atom. The quantitative estimate of drug-likeness (QED) is 0.801. The first-order chi connectivity index (χ1) is 10.1. The minimum atomic E-state index is -0.0142. The molecule has 1 aliphatic carbocycles. The van der Waals surface area contributed by atoms with Gasteiger partial charge in [0.1, 0.15) is 0 Å². The smallest absolute Gasteiger partial charge is 0.0355 e. The summed E-state index contributed by atoms with van der Waals surface area (Å²) < 4.78 is 0. The summed E-state index contributed by atoms with van der Waals surface area (Å²) in [7, 11) is 0. The van der Waals surface area contributed by atoms with Crippen LogP contribution < -0.4 is 11.5 Å². The molecule has 0 saturated heterocycles. The van der Waals surface area contributed by atoms with Crippen LogP contribution in [0.2, 0.25) is 0 Å². The van der Waals surface area contributed by atoms with Crippen LogP contribution in [0.25, 0.3) is 0 Å². The van der Waals surface area contributed by atoms with E-state index in [-0.39, 0.29) is 5.41 Å². The van der Waals surface area contributed by atoms with E-state index in [9.17, 15) is 0 Å². The number of nitrogens with two attached hydrogens (primary N) is 2. The van der Waals surface area contributed by atoms with Gasteiger partial charge in [0, 0.05) is 16.8 Å². The van der Waals surface area contributed by atoms with E-state index in [0.29, 0.717) is 0 Å². The van der Waals surface area contributed by atoms with Gasteiger partial charge in [0.25, 0.3) is 0 Å². The van der Waals surface area contributed by atoms with Crippen LogP contribution in [0.5, 0.6) is 0 Å². The molecule has 0 aliphatic heterocycles. The highest BCUT2D eigenvalue weighted by atomic mass is 14.6. The molecule has 0 unspecified atom stereocenters. The number of para-hydroxylation sites is 1. The van der Waals surface area contributed by atoms with E-state index in [4.69, 9.17) is 11.5 Å². The van der Waals surface area contributed by atoms with Crippen LogP contribution in [-0.4, -0.2) is 0 Å². The molecule has 2 heteroatoms. The van der Waals surface area contributed by atoms with Gasteiger partial charge in [-0.2, -0.15) is 0 Å². The first kappa shape index (κ1) is 14.0. The van der Waals surface area contributed by atoms with Gasteiger partial charge in [0.2, 0.25) is 0 Å². The number of nitrogen functional groups attached to an aromatic ring is 2. The van der Waals surface area contributed by atoms with Crippen LogP contribution >= 0.6 is 0 Å². The predicted octanol–water partition coefficient (Wildman–Crippen LogP) is 4.41. The van der Waals surface area contributed by atoms with E-state index in [1.165, 1.54) is 36.0 Å². The van der Waals surface area contributed by atoms with Crippen molar-refractivity contribution in [1.82, 2.24) is 0 Å². The van der Waals surface area contributed by atoms with Crippen molar-refractivity contribution in [2.75, 3.05) is 11.5 Å². The van der Waals surface area contributed by atoms with Crippen LogP contribution in [0.1, 0.15) is 48.8 Å². The van der Waals surface area contributed by atoms with Crippen molar-refractivity contribution in [3.63, 3.8) is 0 Å². The van der Waals surface area contributed by atoms with Crippen molar-refractivity contribution >= 4 is 11.4 Å². The third kappa shape index (κ3) is 2.39. The lowest BCUT2D eigenvalue weighted by Gasteiger charge is -2.40. The highest BCUT2D eigenvalue weighted by molar-refractivity contribution is 5.62. The molecule has 21 heavy (non-hydrogen) atoms. The Balaban J connectivity index is 2.22. The van der Waals surface area contributed by atoms with Crippen molar-refractivity contribution in [3.8, 4) is 0 Å². The summed E-state index contributed by atoms with van der Waals surface area (Å²) in [5.74, 6) is 0. The molecule has 0 atom stereocenters. The minimum Gasteiger partial charge on any atom is -0.398 e. The Morgan fingerprint density at radius 3 is 2.19 bits per heavy atom. The van der Waals surface area contributed by atoms with Crippen LogP contribution in [-0.2, 0) is 5.41 Å². The van der Waals surface area contributed by atoms with E-state index in [1.807, 2.05) is 18.2 Å². The average molecular weight is 280 g/mol. The zero-order valence-corrected chi connectivity index (χ0v) is 12.7. The molecule has 2 aromatic rings. The molecular weight excluding hydrogens is 256 g/mol. The summed E-state index contributed by atoms with van der Waals surface area (Å²) in [5, 5.41) is 0. The molecule has 0 bridgehead atoms. The van der Waals surface area contributed by atoms with E-state index >= 15 is 0 Å². The molecule has 1 fully saturated rings. The molecule has 1 aliphatic rings. The maximum absolute atomic E-state index is 6.35. The summed E-state index contributed by atoms with van der Waals surface area (Å²) in [5.41, 5.74) is 18.2. The molecule has 0 heterocycles. The van der Waals surface area contributed by atoms with E-state index in [2.05, 4.69) is 31.2 Å². The Kier molecular flexibility index (Phi) is 3.62. The van der Waals surface area contributed by atoms with Gasteiger partial charge in [-0.25, -0.2) is 0 Å². The summed E-state index contributed by atoms with van der Waals surface area (Å²) in [4.78, 5) is 0. The van der Waals surface area contributed by atoms with Gasteiger partial charge in [-0.15, -0.1) is 0 Å². The maximum atomic E-state index is 6.35. The fourth-order valence-electron chi connectivity index (χ4n) is 3.86. The van der Waals surface area contributed by atoms with E-state index < -0.39 is 0 Å². The molecule has 1 saturated carbocycles. The largest absolute Gasteiger partial charge is 0.398 e. The fraction of sp³-hybridized carbons (Fsp3) is 0.368. The normalized spacial score (nSPS) is 17.6. The third-order valence-corrected chi connectivity index (χ3v) is 4.91. The predicted molar refractivity (Wildman–Crippen MR) is 90.3 cm³/mol. The second-order valence-corrected chi connectivity index (χ2v) is 6.32. The van der Waals surface area contributed by atoms with Crippen LogP contribution in [0.15, 0.2) is 42.5 Å². The topological polar surface area (TPSA) is 52.0 Å². The molecule has 2 nitrogen and oxygen atoms in total. The lowest BCUT2D eigenvalue weighted by molar-refractivity contribution is 0.348. The molecule has 2 aromatic carbocycles. The summed E-state index contributed by atoms with van der Waals surface area (Å²) in [6.45, 7) is 2.13. The second-order valence-electron chi connectivity index (χ2n) is 6.32. The number of hydrogen-bond donors (Lipinski definition) is 2. The van der Waals surface area contributed by atoms with Crippen molar-refractivity contribution in [1.29, 1.82) is 0 Å². The first-order valence-electron chi connectivity index (χ1n) is 7.85. The summed E-state index contributed by atoms with van der Waals surface area (Å²) in [6, 6.07) is 14.7. The Bertz CT molecular complexity index is 640. The van der Waals surface area contributed by atoms with Crippen molar-refractivity contribution in [2.24, 2.45) is 0 Å². The maximum Gasteiger partial charge on any atom is 0.0355 e. The van der Waals surface area contributed by atoms with Gasteiger partial charge in [0.15, 0.2) is 0 Å². The Hall–Kier alpha value is -1.96. The van der Waals surface area contributed by atoms with Crippen LogP contribution in [0, 0.1) is 6.92 Å². The molecule has 4 N–H and O–H groups in total. The molecular formula is C19H24N2. The fourth-order valence-corrected chi connectivity index (χ4v) is 3.86. The SMILES string of the molecule is Cc1ccc(N)c(C2(c3ccccc3N)CCCCC2)c1. The number of hydrogen-bond acceptors (Lipinski definition) is 2. The van der Waals surface area contributed by atoms with Gasteiger partial charge in [-0.05, 0) is 43.0 Å². The Morgan fingerprint density at radius 1 is 0.810 bits per heavy atom. The molecule has 0 radical (unpaired) electrons. The average Bonchev–Trinajstić information content (AvgIpc) is 2.51. The lowest BCUT2D eigenvalue weighted by Crippen LogP contribution is -2.32. The standard InChI is InChI=1S/C19H24N2/c1-14-9-10-18(21)16(13-14)19(11-5-2-6-12-19)15-7-3-4-8-17(15)20/h3-4,7-10,13H,2,5-6,11-12,20-21H2,1H3. The molecule has 0 spiro atoms. The highest BCUT2D eigenvalue weighted by Gasteiger charge is 2.38. The summed E-state index contributed by atoms with van der Waals surface area (Å²) in [6.07, 6.45) is 6.05. The molecule has 3 rings (SSSR count). The minimum absolute atomic E-state index is 0.0142. The zero-order valence-electron chi connectivity index (χ0n) is 12.7. The van der Waals surface area contributed by atoms with Gasteiger partial charge in [0.05, 0.1) is 0 Å². The van der Waals surface area contributed by atoms with Crippen molar-refractivity contribution in [3.05, 3.63) is 59.2 Å². The van der Waals surface area contributed by atoms with Gasteiger partial charge in [-0.1, -0.05) is 55.2 Å². The van der Waals surface area contributed by atoms with Crippen LogP contribution in [0.3, 0.4) is 0 Å². The van der Waals surface area contributed by atoms with Crippen molar-refractivity contribution in [2.45, 2.75) is 44.4 Å². The van der Waals surface area contributed by atoms with Gasteiger partial charge in [-0.3, -0.25) is 0 Å². The van der Waals surface area contributed by atoms with E-state index in [0.717, 1.165) is 24.2 Å². The van der Waals surface area contributed by atoms with Gasteiger partial charge < -0.3 is 11.5 Å². The van der Waals surface area contributed by atoms with E-state index in [1.54, 1.807) is 0 Å². The molecule has 0 amide bonds. The van der Waals surface area contributed by atoms with Crippen molar-refractivity contribution < 1.29 is 0 Å². The Labute approximate surface area is 127 Å². The van der Waals surface area contributed by atoms with Crippen LogP contribution in [0.4, 0.5) is 11.4 Å². The summed E-state index contributed by atoms with van der Waals surface area (Å²) >= 11 is 0. The molecule has 110 valence electrons. The number of aryl methyl sites for hydroxylation is 1. The monoisotopic (exact) mass is 280 g/mol. The highest BCUT2D eigenvalue weighted by Crippen LogP contribution is 2.48. The number of rotatable bonds is 2. The van der Waals surface area contributed by atoms with Gasteiger partial charge >= 0.3 is 0 Å².